The van der Waals surface area contributed by atoms with Crippen molar-refractivity contribution in [2.45, 2.75) is 39.1 Å². The summed E-state index contributed by atoms with van der Waals surface area (Å²) in [4.78, 5) is 22.4. The second-order valence-corrected chi connectivity index (χ2v) is 6.71. The number of carbonyl (C=O) groups excluding carboxylic acids is 1. The van der Waals surface area contributed by atoms with Crippen molar-refractivity contribution in [3.05, 3.63) is 39.9 Å². The van der Waals surface area contributed by atoms with Crippen LogP contribution in [0.25, 0.3) is 0 Å². The zero-order chi connectivity index (χ0) is 19.2. The van der Waals surface area contributed by atoms with Crippen LogP contribution in [0, 0.1) is 15.5 Å². The zero-order valence-electron chi connectivity index (χ0n) is 13.7. The number of nitro groups is 1. The van der Waals surface area contributed by atoms with Gasteiger partial charge in [0.2, 0.25) is 0 Å². The van der Waals surface area contributed by atoms with Crippen LogP contribution in [-0.4, -0.2) is 38.6 Å². The standard InChI is InChI=1S/C15H16F3N3O4/c1-13(2,3)11-8-14(23,15(16,17)18)20(19-11)12(22)9-4-6-10(7-5-9)21(24)25/h4-7,23H,8H2,1-3H3/t14-/m0/s1. The van der Waals surface area contributed by atoms with Gasteiger partial charge in [0.15, 0.2) is 0 Å². The summed E-state index contributed by atoms with van der Waals surface area (Å²) in [5.41, 5.74) is -4.81. The maximum Gasteiger partial charge on any atom is 0.438 e. The summed E-state index contributed by atoms with van der Waals surface area (Å²) in [5, 5.41) is 24.5. The second kappa shape index (κ2) is 5.80. The number of hydrazone groups is 1. The van der Waals surface area contributed by atoms with Gasteiger partial charge >= 0.3 is 6.18 Å². The molecule has 0 radical (unpaired) electrons. The van der Waals surface area contributed by atoms with Crippen molar-refractivity contribution in [3.63, 3.8) is 0 Å². The fraction of sp³-hybridized carbons (Fsp3) is 0.467. The number of nitro benzene ring substituents is 1. The number of halogens is 3. The molecule has 0 saturated heterocycles. The molecule has 1 aliphatic heterocycles. The van der Waals surface area contributed by atoms with E-state index in [1.807, 2.05) is 0 Å². The van der Waals surface area contributed by atoms with Gasteiger partial charge in [-0.15, -0.1) is 0 Å². The molecule has 1 aromatic rings. The molecule has 1 N–H and O–H groups in total. The van der Waals surface area contributed by atoms with Crippen LogP contribution in [0.3, 0.4) is 0 Å². The Labute approximate surface area is 140 Å². The molecule has 1 aliphatic rings. The number of nitrogens with zero attached hydrogens (tertiary/aromatic N) is 3. The van der Waals surface area contributed by atoms with E-state index >= 15 is 0 Å². The maximum atomic E-state index is 13.4. The molecule has 1 atom stereocenters. The monoisotopic (exact) mass is 359 g/mol. The first kappa shape index (κ1) is 18.8. The fourth-order valence-corrected chi connectivity index (χ4v) is 2.24. The van der Waals surface area contributed by atoms with Crippen LogP contribution >= 0.6 is 0 Å². The normalized spacial score (nSPS) is 21.2. The summed E-state index contributed by atoms with van der Waals surface area (Å²) in [6.45, 7) is 4.84. The van der Waals surface area contributed by atoms with Crippen molar-refractivity contribution in [3.8, 4) is 0 Å². The third-order valence-electron chi connectivity index (χ3n) is 3.82. The van der Waals surface area contributed by atoms with Crippen LogP contribution in [0.5, 0.6) is 0 Å². The van der Waals surface area contributed by atoms with E-state index in [-0.39, 0.29) is 22.0 Å². The maximum absolute atomic E-state index is 13.4. The van der Waals surface area contributed by atoms with Crippen LogP contribution in [0.15, 0.2) is 29.4 Å². The molecule has 0 unspecified atom stereocenters. The van der Waals surface area contributed by atoms with Gasteiger partial charge in [-0.2, -0.15) is 23.3 Å². The molecule has 0 spiro atoms. The average Bonchev–Trinajstić information content (AvgIpc) is 2.85. The molecule has 0 fully saturated rings. The molecule has 7 nitrogen and oxygen atoms in total. The van der Waals surface area contributed by atoms with Gasteiger partial charge in [0.25, 0.3) is 17.3 Å². The lowest BCUT2D eigenvalue weighted by atomic mass is 9.86. The Morgan fingerprint density at radius 2 is 1.80 bits per heavy atom. The minimum Gasteiger partial charge on any atom is -0.362 e. The molecule has 0 saturated carbocycles. The summed E-state index contributed by atoms with van der Waals surface area (Å²) >= 11 is 0. The van der Waals surface area contributed by atoms with Gasteiger partial charge in [0.1, 0.15) is 0 Å². The van der Waals surface area contributed by atoms with Crippen LogP contribution in [0.4, 0.5) is 18.9 Å². The summed E-state index contributed by atoms with van der Waals surface area (Å²) in [7, 11) is 0. The number of alkyl halides is 3. The number of amides is 1. The van der Waals surface area contributed by atoms with Crippen molar-refractivity contribution in [2.75, 3.05) is 0 Å². The first-order valence-corrected chi connectivity index (χ1v) is 7.23. The van der Waals surface area contributed by atoms with E-state index in [1.165, 1.54) is 0 Å². The Balaban J connectivity index is 2.46. The highest BCUT2D eigenvalue weighted by molar-refractivity contribution is 5.99. The lowest BCUT2D eigenvalue weighted by Gasteiger charge is -2.32. The van der Waals surface area contributed by atoms with Gasteiger partial charge in [-0.3, -0.25) is 14.9 Å². The van der Waals surface area contributed by atoms with E-state index in [0.717, 1.165) is 24.3 Å². The molecule has 0 aromatic heterocycles. The third-order valence-corrected chi connectivity index (χ3v) is 3.82. The van der Waals surface area contributed by atoms with Crippen LogP contribution in [0.2, 0.25) is 0 Å². The Hall–Kier alpha value is -2.49. The van der Waals surface area contributed by atoms with E-state index < -0.39 is 34.6 Å². The molecule has 25 heavy (non-hydrogen) atoms. The predicted molar refractivity (Wildman–Crippen MR) is 81.8 cm³/mol. The minimum absolute atomic E-state index is 0.00868. The van der Waals surface area contributed by atoms with Crippen molar-refractivity contribution >= 4 is 17.3 Å². The van der Waals surface area contributed by atoms with E-state index in [2.05, 4.69) is 5.10 Å². The first-order valence-electron chi connectivity index (χ1n) is 7.23. The molecule has 1 amide bonds. The lowest BCUT2D eigenvalue weighted by molar-refractivity contribution is -0.384. The summed E-state index contributed by atoms with van der Waals surface area (Å²) in [6, 6.07) is 4.01. The van der Waals surface area contributed by atoms with E-state index in [9.17, 15) is 33.2 Å². The molecular weight excluding hydrogens is 343 g/mol. The van der Waals surface area contributed by atoms with E-state index in [1.54, 1.807) is 20.8 Å². The summed E-state index contributed by atoms with van der Waals surface area (Å²) in [5.74, 6) is -1.20. The SMILES string of the molecule is CC(C)(C)C1=NN(C(=O)c2ccc([N+](=O)[O-])cc2)[C@@](O)(C(F)(F)F)C1. The van der Waals surface area contributed by atoms with Gasteiger partial charge < -0.3 is 5.11 Å². The lowest BCUT2D eigenvalue weighted by Crippen LogP contribution is -2.56. The summed E-state index contributed by atoms with van der Waals surface area (Å²) < 4.78 is 40.2. The molecule has 0 bridgehead atoms. The number of carbonyl (C=O) groups is 1. The van der Waals surface area contributed by atoms with Crippen LogP contribution in [-0.2, 0) is 0 Å². The smallest absolute Gasteiger partial charge is 0.362 e. The largest absolute Gasteiger partial charge is 0.438 e. The number of hydrogen-bond acceptors (Lipinski definition) is 5. The van der Waals surface area contributed by atoms with Gasteiger partial charge in [-0.1, -0.05) is 20.8 Å². The second-order valence-electron chi connectivity index (χ2n) is 6.71. The van der Waals surface area contributed by atoms with Crippen molar-refractivity contribution in [1.82, 2.24) is 5.01 Å². The number of benzene rings is 1. The molecule has 2 rings (SSSR count). The van der Waals surface area contributed by atoms with E-state index in [0.29, 0.717) is 0 Å². The molecule has 0 aliphatic carbocycles. The minimum atomic E-state index is -5.13. The van der Waals surface area contributed by atoms with Gasteiger partial charge in [-0.05, 0) is 12.1 Å². The quantitative estimate of drug-likeness (QED) is 0.648. The van der Waals surface area contributed by atoms with Gasteiger partial charge in [0, 0.05) is 35.2 Å². The van der Waals surface area contributed by atoms with Crippen molar-refractivity contribution in [2.24, 2.45) is 10.5 Å². The Bertz CT molecular complexity index is 738. The predicted octanol–water partition coefficient (Wildman–Crippen LogP) is 3.09. The Morgan fingerprint density at radius 3 is 2.20 bits per heavy atom. The average molecular weight is 359 g/mol. The number of non-ortho nitro benzene ring substituents is 1. The third kappa shape index (κ3) is 3.34. The topological polar surface area (TPSA) is 96.0 Å². The molecule has 1 aromatic carbocycles. The highest BCUT2D eigenvalue weighted by Gasteiger charge is 2.64. The highest BCUT2D eigenvalue weighted by atomic mass is 19.4. The number of rotatable bonds is 2. The van der Waals surface area contributed by atoms with Crippen molar-refractivity contribution < 1.29 is 28.0 Å². The zero-order valence-corrected chi connectivity index (χ0v) is 13.7. The molecule has 10 heteroatoms. The molecule has 136 valence electrons. The fourth-order valence-electron chi connectivity index (χ4n) is 2.24. The van der Waals surface area contributed by atoms with E-state index in [4.69, 9.17) is 0 Å². The number of hydrogen-bond donors (Lipinski definition) is 1. The van der Waals surface area contributed by atoms with Crippen molar-refractivity contribution in [1.29, 1.82) is 0 Å². The first-order chi connectivity index (χ1) is 11.3. The Morgan fingerprint density at radius 1 is 1.28 bits per heavy atom. The Kier molecular flexibility index (Phi) is 4.37. The molecule has 1 heterocycles. The van der Waals surface area contributed by atoms with Crippen LogP contribution < -0.4 is 0 Å². The number of aliphatic hydroxyl groups is 1. The highest BCUT2D eigenvalue weighted by Crippen LogP contribution is 2.43. The van der Waals surface area contributed by atoms with Crippen LogP contribution in [0.1, 0.15) is 37.6 Å². The molecular formula is C15H16F3N3O4. The van der Waals surface area contributed by atoms with Gasteiger partial charge in [-0.25, -0.2) is 0 Å². The summed E-state index contributed by atoms with van der Waals surface area (Å²) in [6.07, 6.45) is -5.99. The van der Waals surface area contributed by atoms with Gasteiger partial charge in [0.05, 0.1) is 4.92 Å².